The molecule has 2 aromatic carbocycles. The quantitative estimate of drug-likeness (QED) is 0.474. The first-order valence-corrected chi connectivity index (χ1v) is 7.55. The van der Waals surface area contributed by atoms with Crippen molar-refractivity contribution in [1.82, 2.24) is 0 Å². The zero-order valence-corrected chi connectivity index (χ0v) is 13.6. The van der Waals surface area contributed by atoms with Crippen LogP contribution in [0, 0.1) is 0 Å². The topological polar surface area (TPSA) is 70.8 Å². The van der Waals surface area contributed by atoms with Gasteiger partial charge in [0.05, 0.1) is 7.11 Å². The van der Waals surface area contributed by atoms with Crippen LogP contribution in [0.2, 0.25) is 0 Å². The van der Waals surface area contributed by atoms with Gasteiger partial charge < -0.3 is 19.9 Å². The van der Waals surface area contributed by atoms with Crippen LogP contribution in [-0.2, 0) is 15.9 Å². The molecule has 0 aliphatic rings. The molecule has 1 unspecified atom stereocenters. The second-order valence-electron chi connectivity index (χ2n) is 5.14. The Morgan fingerprint density at radius 2 is 2.00 bits per heavy atom. The highest BCUT2D eigenvalue weighted by molar-refractivity contribution is 5.61. The largest absolute Gasteiger partial charge is 0.509 e. The maximum Gasteiger partial charge on any atom is 0.509 e. The molecule has 5 nitrogen and oxygen atoms in total. The molecule has 0 spiro atoms. The Labute approximate surface area is 141 Å². The van der Waals surface area contributed by atoms with Gasteiger partial charge in [0.1, 0.15) is 18.5 Å². The van der Waals surface area contributed by atoms with E-state index >= 15 is 0 Å². The molecular weight excluding hydrogens is 306 g/mol. The number of benzene rings is 2. The lowest BCUT2D eigenvalue weighted by Gasteiger charge is -2.19. The average molecular weight is 327 g/mol. The Hall–Kier alpha value is -2.95. The van der Waals surface area contributed by atoms with Gasteiger partial charge in [0, 0.05) is 12.1 Å². The van der Waals surface area contributed by atoms with Gasteiger partial charge in [-0.3, -0.25) is 0 Å². The molecule has 0 saturated carbocycles. The minimum absolute atomic E-state index is 0.0989. The second kappa shape index (κ2) is 8.62. The van der Waals surface area contributed by atoms with Crippen molar-refractivity contribution in [3.05, 3.63) is 72.3 Å². The van der Waals surface area contributed by atoms with Gasteiger partial charge in [-0.2, -0.15) is 0 Å². The summed E-state index contributed by atoms with van der Waals surface area (Å²) >= 11 is 0. The van der Waals surface area contributed by atoms with Gasteiger partial charge in [-0.1, -0.05) is 43.0 Å². The van der Waals surface area contributed by atoms with E-state index in [-0.39, 0.29) is 6.61 Å². The van der Waals surface area contributed by atoms with Crippen molar-refractivity contribution in [1.29, 1.82) is 0 Å². The number of anilines is 1. The Bertz CT molecular complexity index is 685. The summed E-state index contributed by atoms with van der Waals surface area (Å²) in [5.74, 6) is 0.695. The molecule has 1 atom stereocenters. The highest BCUT2D eigenvalue weighted by atomic mass is 16.7. The van der Waals surface area contributed by atoms with Crippen molar-refractivity contribution in [3.63, 3.8) is 0 Å². The normalized spacial score (nSPS) is 11.4. The van der Waals surface area contributed by atoms with Gasteiger partial charge in [0.15, 0.2) is 0 Å². The number of hydrogen-bond acceptors (Lipinski definition) is 5. The summed E-state index contributed by atoms with van der Waals surface area (Å²) in [5, 5.41) is 0. The zero-order valence-electron chi connectivity index (χ0n) is 13.6. The van der Waals surface area contributed by atoms with Gasteiger partial charge in [-0.25, -0.2) is 4.79 Å². The lowest BCUT2D eigenvalue weighted by molar-refractivity contribution is 0.0290. The van der Waals surface area contributed by atoms with Crippen molar-refractivity contribution in [2.24, 2.45) is 0 Å². The predicted molar refractivity (Wildman–Crippen MR) is 92.9 cm³/mol. The van der Waals surface area contributed by atoms with E-state index in [1.807, 2.05) is 36.4 Å². The second-order valence-corrected chi connectivity index (χ2v) is 5.14. The average Bonchev–Trinajstić information content (AvgIpc) is 2.61. The first-order chi connectivity index (χ1) is 11.6. The molecule has 0 saturated heterocycles. The monoisotopic (exact) mass is 327 g/mol. The molecule has 0 heterocycles. The molecule has 24 heavy (non-hydrogen) atoms. The molecule has 0 amide bonds. The molecule has 0 aromatic heterocycles. The van der Waals surface area contributed by atoms with Crippen molar-refractivity contribution in [2.75, 3.05) is 19.5 Å². The predicted octanol–water partition coefficient (Wildman–Crippen LogP) is 3.90. The number of rotatable bonds is 7. The molecule has 0 aliphatic carbocycles. The molecular formula is C19H21NO4. The molecule has 0 aliphatic heterocycles. The van der Waals surface area contributed by atoms with Crippen LogP contribution in [0.5, 0.6) is 5.75 Å². The number of hydrogen-bond donors (Lipinski definition) is 1. The number of ether oxygens (including phenoxy) is 3. The maximum atomic E-state index is 11.8. The van der Waals surface area contributed by atoms with E-state index in [2.05, 4.69) is 6.58 Å². The van der Waals surface area contributed by atoms with E-state index in [9.17, 15) is 4.79 Å². The third-order valence-corrected chi connectivity index (χ3v) is 3.48. The zero-order chi connectivity index (χ0) is 17.4. The van der Waals surface area contributed by atoms with E-state index in [1.54, 1.807) is 19.2 Å². The fraction of sp³-hybridized carbons (Fsp3) is 0.211. The van der Waals surface area contributed by atoms with Crippen LogP contribution in [0.3, 0.4) is 0 Å². The highest BCUT2D eigenvalue weighted by Crippen LogP contribution is 2.28. The summed E-state index contributed by atoms with van der Waals surface area (Å²) in [6.45, 7) is 3.60. The van der Waals surface area contributed by atoms with Crippen LogP contribution in [0.4, 0.5) is 10.5 Å². The molecule has 0 radical (unpaired) electrons. The Kier molecular flexibility index (Phi) is 6.25. The summed E-state index contributed by atoms with van der Waals surface area (Å²) < 4.78 is 15.6. The minimum Gasteiger partial charge on any atom is -0.497 e. The van der Waals surface area contributed by atoms with E-state index in [1.165, 1.54) is 6.08 Å². The van der Waals surface area contributed by atoms with E-state index in [4.69, 9.17) is 19.9 Å². The summed E-state index contributed by atoms with van der Waals surface area (Å²) in [7, 11) is 1.59. The van der Waals surface area contributed by atoms with Crippen LogP contribution in [0.15, 0.2) is 61.2 Å². The fourth-order valence-corrected chi connectivity index (χ4v) is 2.26. The maximum absolute atomic E-state index is 11.8. The van der Waals surface area contributed by atoms with Crippen LogP contribution < -0.4 is 10.5 Å². The van der Waals surface area contributed by atoms with Crippen LogP contribution in [0.1, 0.15) is 17.2 Å². The summed E-state index contributed by atoms with van der Waals surface area (Å²) in [5.41, 5.74) is 8.34. The smallest absolute Gasteiger partial charge is 0.497 e. The first kappa shape index (κ1) is 17.4. The molecule has 126 valence electrons. The van der Waals surface area contributed by atoms with Crippen LogP contribution >= 0.6 is 0 Å². The third kappa shape index (κ3) is 4.78. The van der Waals surface area contributed by atoms with Crippen LogP contribution in [0.25, 0.3) is 0 Å². The summed E-state index contributed by atoms with van der Waals surface area (Å²) in [6.07, 6.45) is 0.637. The van der Waals surface area contributed by atoms with Gasteiger partial charge in [-0.05, 0) is 29.3 Å². The Morgan fingerprint density at radius 3 is 2.67 bits per heavy atom. The van der Waals surface area contributed by atoms with Crippen molar-refractivity contribution < 1.29 is 19.0 Å². The lowest BCUT2D eigenvalue weighted by atomic mass is 10.00. The minimum atomic E-state index is -0.745. The molecule has 2 rings (SSSR count). The number of nitrogens with two attached hydrogens (primary N) is 1. The Balaban J connectivity index is 2.23. The van der Waals surface area contributed by atoms with Gasteiger partial charge in [-0.15, -0.1) is 0 Å². The SMILES string of the molecule is C=CCOC(=O)OC(Cc1cc(OC)ccc1N)c1ccccc1. The van der Waals surface area contributed by atoms with E-state index in [0.29, 0.717) is 17.9 Å². The lowest BCUT2D eigenvalue weighted by Crippen LogP contribution is -2.15. The standard InChI is InChI=1S/C19H21NO4/c1-3-11-23-19(21)24-18(14-7-5-4-6-8-14)13-15-12-16(22-2)9-10-17(15)20/h3-10,12,18H,1,11,13,20H2,2H3. The molecule has 0 fully saturated rings. The molecule has 2 aromatic rings. The molecule has 5 heteroatoms. The van der Waals surface area contributed by atoms with Crippen molar-refractivity contribution in [3.8, 4) is 5.75 Å². The summed E-state index contributed by atoms with van der Waals surface area (Å²) in [6, 6.07) is 14.8. The van der Waals surface area contributed by atoms with Gasteiger partial charge in [0.25, 0.3) is 0 Å². The fourth-order valence-electron chi connectivity index (χ4n) is 2.26. The third-order valence-electron chi connectivity index (χ3n) is 3.48. The number of carbonyl (C=O) groups excluding carboxylic acids is 1. The Morgan fingerprint density at radius 1 is 1.25 bits per heavy atom. The number of nitrogen functional groups attached to an aromatic ring is 1. The van der Waals surface area contributed by atoms with Crippen molar-refractivity contribution >= 4 is 11.8 Å². The van der Waals surface area contributed by atoms with Gasteiger partial charge in [0.2, 0.25) is 0 Å². The van der Waals surface area contributed by atoms with Gasteiger partial charge >= 0.3 is 6.16 Å². The van der Waals surface area contributed by atoms with E-state index < -0.39 is 12.3 Å². The molecule has 0 bridgehead atoms. The van der Waals surface area contributed by atoms with E-state index in [0.717, 1.165) is 11.1 Å². The van der Waals surface area contributed by atoms with Crippen LogP contribution in [-0.4, -0.2) is 19.9 Å². The first-order valence-electron chi connectivity index (χ1n) is 7.55. The highest BCUT2D eigenvalue weighted by Gasteiger charge is 2.19. The number of methoxy groups -OCH3 is 1. The number of carbonyl (C=O) groups is 1. The molecule has 2 N–H and O–H groups in total. The summed E-state index contributed by atoms with van der Waals surface area (Å²) in [4.78, 5) is 11.8. The van der Waals surface area contributed by atoms with Crippen molar-refractivity contribution in [2.45, 2.75) is 12.5 Å².